The Morgan fingerprint density at radius 1 is 1.64 bits per heavy atom. The van der Waals surface area contributed by atoms with E-state index in [-0.39, 0.29) is 5.78 Å². The van der Waals surface area contributed by atoms with Crippen LogP contribution in [0.25, 0.3) is 0 Å². The molecule has 0 aliphatic carbocycles. The molecule has 3 heteroatoms. The summed E-state index contributed by atoms with van der Waals surface area (Å²) in [4.78, 5) is 22.0. The monoisotopic (exact) mass is 154 g/mol. The summed E-state index contributed by atoms with van der Waals surface area (Å²) in [5.74, 6) is -1.14. The van der Waals surface area contributed by atoms with Gasteiger partial charge in [-0.05, 0) is 13.3 Å². The van der Waals surface area contributed by atoms with Gasteiger partial charge in [-0.3, -0.25) is 9.59 Å². The number of hydrogen-bond donors (Lipinski definition) is 0. The average Bonchev–Trinajstić information content (AvgIpc) is 2.17. The molecule has 60 valence electrons. The van der Waals surface area contributed by atoms with Gasteiger partial charge in [-0.15, -0.1) is 6.58 Å². The number of ketones is 1. The van der Waals surface area contributed by atoms with Crippen molar-refractivity contribution in [3.05, 3.63) is 12.7 Å². The minimum atomic E-state index is -0.595. The van der Waals surface area contributed by atoms with Gasteiger partial charge in [-0.1, -0.05) is 6.08 Å². The molecule has 1 unspecified atom stereocenters. The molecule has 1 rings (SSSR count). The Morgan fingerprint density at radius 3 is 2.64 bits per heavy atom. The Kier molecular flexibility index (Phi) is 2.08. The number of ether oxygens (including phenoxy) is 1. The second kappa shape index (κ2) is 2.86. The van der Waals surface area contributed by atoms with E-state index in [2.05, 4.69) is 6.58 Å². The van der Waals surface area contributed by atoms with Crippen LogP contribution in [-0.2, 0) is 14.3 Å². The van der Waals surface area contributed by atoms with E-state index in [0.29, 0.717) is 6.42 Å². The highest BCUT2D eigenvalue weighted by Crippen LogP contribution is 2.19. The normalized spacial score (nSPS) is 30.3. The number of carbonyl (C=O) groups excluding carboxylic acids is 2. The summed E-state index contributed by atoms with van der Waals surface area (Å²) in [6.07, 6.45) is 1.39. The molecule has 0 radical (unpaired) electrons. The number of Topliss-reactive ketones (excluding diaryl/α,β-unsaturated/α-hetero) is 1. The largest absolute Gasteiger partial charge is 0.454 e. The van der Waals surface area contributed by atoms with Crippen LogP contribution >= 0.6 is 0 Å². The van der Waals surface area contributed by atoms with E-state index < -0.39 is 18.0 Å². The molecule has 0 aromatic carbocycles. The summed E-state index contributed by atoms with van der Waals surface area (Å²) in [6, 6.07) is 0. The lowest BCUT2D eigenvalue weighted by Gasteiger charge is -1.96. The van der Waals surface area contributed by atoms with Crippen molar-refractivity contribution in [2.75, 3.05) is 0 Å². The fourth-order valence-electron chi connectivity index (χ4n) is 1.09. The molecule has 1 fully saturated rings. The molecule has 0 N–H and O–H groups in total. The number of carbonyl (C=O) groups is 2. The Morgan fingerprint density at radius 2 is 2.27 bits per heavy atom. The Balaban J connectivity index is 2.71. The van der Waals surface area contributed by atoms with E-state index in [4.69, 9.17) is 4.74 Å². The molecule has 11 heavy (non-hydrogen) atoms. The van der Waals surface area contributed by atoms with Gasteiger partial charge in [0.25, 0.3) is 0 Å². The summed E-state index contributed by atoms with van der Waals surface area (Å²) >= 11 is 0. The SMILES string of the molecule is C=CCC1C(=O)O[C@H](C)C1=O. The standard InChI is InChI=1S/C8H10O3/c1-3-4-6-7(9)5(2)11-8(6)10/h3,5-6H,1,4H2,2H3/t5-,6?/m1/s1. The molecule has 0 spiro atoms. The molecular formula is C8H10O3. The van der Waals surface area contributed by atoms with Gasteiger partial charge in [-0.2, -0.15) is 0 Å². The molecule has 2 atom stereocenters. The third kappa shape index (κ3) is 1.31. The van der Waals surface area contributed by atoms with E-state index in [1.54, 1.807) is 13.0 Å². The minimum absolute atomic E-state index is 0.130. The molecule has 0 saturated carbocycles. The van der Waals surface area contributed by atoms with Gasteiger partial charge in [-0.25, -0.2) is 0 Å². The molecular weight excluding hydrogens is 144 g/mol. The van der Waals surface area contributed by atoms with Crippen LogP contribution in [0.2, 0.25) is 0 Å². The molecule has 0 amide bonds. The van der Waals surface area contributed by atoms with Crippen molar-refractivity contribution in [2.45, 2.75) is 19.4 Å². The fourth-order valence-corrected chi connectivity index (χ4v) is 1.09. The minimum Gasteiger partial charge on any atom is -0.454 e. The maximum absolute atomic E-state index is 11.1. The molecule has 0 aromatic rings. The summed E-state index contributed by atoms with van der Waals surface area (Å²) in [5, 5.41) is 0. The van der Waals surface area contributed by atoms with Crippen molar-refractivity contribution < 1.29 is 14.3 Å². The van der Waals surface area contributed by atoms with Gasteiger partial charge >= 0.3 is 5.97 Å². The van der Waals surface area contributed by atoms with Crippen LogP contribution in [0.3, 0.4) is 0 Å². The van der Waals surface area contributed by atoms with Gasteiger partial charge in [0.1, 0.15) is 5.92 Å². The van der Waals surface area contributed by atoms with Crippen molar-refractivity contribution >= 4 is 11.8 Å². The van der Waals surface area contributed by atoms with Crippen LogP contribution in [0.15, 0.2) is 12.7 Å². The van der Waals surface area contributed by atoms with Gasteiger partial charge in [0.15, 0.2) is 11.9 Å². The van der Waals surface area contributed by atoms with Crippen molar-refractivity contribution in [1.82, 2.24) is 0 Å². The molecule has 0 aromatic heterocycles. The molecule has 1 saturated heterocycles. The summed E-state index contributed by atoms with van der Waals surface area (Å²) < 4.78 is 4.70. The Hall–Kier alpha value is -1.12. The van der Waals surface area contributed by atoms with Gasteiger partial charge in [0.2, 0.25) is 0 Å². The van der Waals surface area contributed by atoms with E-state index in [9.17, 15) is 9.59 Å². The zero-order valence-corrected chi connectivity index (χ0v) is 6.37. The van der Waals surface area contributed by atoms with Gasteiger partial charge in [0.05, 0.1) is 0 Å². The number of rotatable bonds is 2. The highest BCUT2D eigenvalue weighted by atomic mass is 16.6. The smallest absolute Gasteiger partial charge is 0.317 e. The number of hydrogen-bond acceptors (Lipinski definition) is 3. The Bertz CT molecular complexity index is 207. The second-order valence-electron chi connectivity index (χ2n) is 2.56. The Labute approximate surface area is 65.0 Å². The first kappa shape index (κ1) is 7.98. The van der Waals surface area contributed by atoms with E-state index in [0.717, 1.165) is 0 Å². The fraction of sp³-hybridized carbons (Fsp3) is 0.500. The summed E-state index contributed by atoms with van der Waals surface area (Å²) in [6.45, 7) is 5.04. The zero-order valence-electron chi connectivity index (χ0n) is 6.37. The van der Waals surface area contributed by atoms with E-state index in [1.807, 2.05) is 0 Å². The van der Waals surface area contributed by atoms with Gasteiger partial charge < -0.3 is 4.74 Å². The lowest BCUT2D eigenvalue weighted by atomic mass is 10.0. The molecule has 1 heterocycles. The topological polar surface area (TPSA) is 43.4 Å². The van der Waals surface area contributed by atoms with Crippen LogP contribution < -0.4 is 0 Å². The first-order valence-corrected chi connectivity index (χ1v) is 3.52. The second-order valence-corrected chi connectivity index (χ2v) is 2.56. The van der Waals surface area contributed by atoms with Crippen LogP contribution in [-0.4, -0.2) is 17.9 Å². The number of cyclic esters (lactones) is 1. The molecule has 1 aliphatic heterocycles. The van der Waals surface area contributed by atoms with E-state index >= 15 is 0 Å². The van der Waals surface area contributed by atoms with Crippen molar-refractivity contribution in [2.24, 2.45) is 5.92 Å². The lowest BCUT2D eigenvalue weighted by Crippen LogP contribution is -2.17. The van der Waals surface area contributed by atoms with Crippen LogP contribution in [0, 0.1) is 5.92 Å². The van der Waals surface area contributed by atoms with Gasteiger partial charge in [0, 0.05) is 0 Å². The maximum atomic E-state index is 11.1. The third-order valence-electron chi connectivity index (χ3n) is 1.72. The lowest BCUT2D eigenvalue weighted by molar-refractivity contribution is -0.143. The molecule has 3 nitrogen and oxygen atoms in total. The van der Waals surface area contributed by atoms with Crippen LogP contribution in [0.5, 0.6) is 0 Å². The predicted molar refractivity (Wildman–Crippen MR) is 38.9 cm³/mol. The first-order chi connectivity index (χ1) is 5.16. The first-order valence-electron chi connectivity index (χ1n) is 3.52. The van der Waals surface area contributed by atoms with Crippen molar-refractivity contribution in [1.29, 1.82) is 0 Å². The predicted octanol–water partition coefficient (Wildman–Crippen LogP) is 0.693. The number of allylic oxidation sites excluding steroid dienone is 1. The maximum Gasteiger partial charge on any atom is 0.317 e. The number of esters is 1. The quantitative estimate of drug-likeness (QED) is 0.334. The summed E-state index contributed by atoms with van der Waals surface area (Å²) in [5.41, 5.74) is 0. The average molecular weight is 154 g/mol. The highest BCUT2D eigenvalue weighted by Gasteiger charge is 2.39. The third-order valence-corrected chi connectivity index (χ3v) is 1.72. The van der Waals surface area contributed by atoms with E-state index in [1.165, 1.54) is 0 Å². The van der Waals surface area contributed by atoms with Crippen LogP contribution in [0.1, 0.15) is 13.3 Å². The van der Waals surface area contributed by atoms with Crippen LogP contribution in [0.4, 0.5) is 0 Å². The molecule has 0 bridgehead atoms. The molecule has 1 aliphatic rings. The highest BCUT2D eigenvalue weighted by molar-refractivity contribution is 6.06. The van der Waals surface area contributed by atoms with Crippen molar-refractivity contribution in [3.8, 4) is 0 Å². The summed E-state index contributed by atoms with van der Waals surface area (Å²) in [7, 11) is 0. The zero-order chi connectivity index (χ0) is 8.43. The van der Waals surface area contributed by atoms with Crippen molar-refractivity contribution in [3.63, 3.8) is 0 Å².